The lowest BCUT2D eigenvalue weighted by atomic mass is 10.2. The monoisotopic (exact) mass is 502 g/mol. The third-order valence-electron chi connectivity index (χ3n) is 3.82. The number of nitrogens with one attached hydrogen (secondary N) is 1. The van der Waals surface area contributed by atoms with Crippen molar-refractivity contribution in [2.75, 3.05) is 46.0 Å². The Bertz CT molecular complexity index is 564. The smallest absolute Gasteiger partial charge is 0.422 e. The van der Waals surface area contributed by atoms with Crippen LogP contribution in [0, 0.1) is 0 Å². The summed E-state index contributed by atoms with van der Waals surface area (Å²) < 4.78 is 46.2. The lowest BCUT2D eigenvalue weighted by Crippen LogP contribution is -2.39. The molecule has 1 fully saturated rings. The maximum Gasteiger partial charge on any atom is 0.422 e. The molecule has 1 aromatic carbocycles. The van der Waals surface area contributed by atoms with Gasteiger partial charge in [0.05, 0.1) is 19.8 Å². The van der Waals surface area contributed by atoms with Crippen LogP contribution >= 0.6 is 24.0 Å². The fourth-order valence-corrected chi connectivity index (χ4v) is 2.43. The van der Waals surface area contributed by atoms with Crippen LogP contribution in [0.3, 0.4) is 0 Å². The van der Waals surface area contributed by atoms with E-state index in [0.29, 0.717) is 12.5 Å². The van der Waals surface area contributed by atoms with Crippen LogP contribution in [0.5, 0.6) is 5.75 Å². The first-order chi connectivity index (χ1) is 12.4. The van der Waals surface area contributed by atoms with E-state index in [4.69, 9.17) is 10.5 Å². The van der Waals surface area contributed by atoms with Crippen LogP contribution in [0.4, 0.5) is 13.2 Å². The molecule has 6 nitrogen and oxygen atoms in total. The highest BCUT2D eigenvalue weighted by Crippen LogP contribution is 2.19. The Kier molecular flexibility index (Phi) is 10.8. The van der Waals surface area contributed by atoms with Crippen LogP contribution < -0.4 is 15.8 Å². The van der Waals surface area contributed by atoms with Gasteiger partial charge in [0.25, 0.3) is 0 Å². The number of morpholine rings is 1. The Balaban J connectivity index is 0.00000364. The van der Waals surface area contributed by atoms with E-state index in [2.05, 4.69) is 19.9 Å². The molecule has 0 saturated carbocycles. The summed E-state index contributed by atoms with van der Waals surface area (Å²) in [6, 6.07) is 6.31. The number of alkyl halides is 3. The van der Waals surface area contributed by atoms with Crippen LogP contribution in [0.1, 0.15) is 12.0 Å². The maximum absolute atomic E-state index is 12.1. The van der Waals surface area contributed by atoms with Crippen LogP contribution in [-0.2, 0) is 11.3 Å². The molecule has 27 heavy (non-hydrogen) atoms. The molecule has 154 valence electrons. The number of nitrogens with two attached hydrogens (primary N) is 1. The second-order valence-corrected chi connectivity index (χ2v) is 5.98. The average molecular weight is 502 g/mol. The van der Waals surface area contributed by atoms with E-state index in [0.717, 1.165) is 51.4 Å². The molecule has 0 spiro atoms. The highest BCUT2D eigenvalue weighted by molar-refractivity contribution is 14.0. The highest BCUT2D eigenvalue weighted by Gasteiger charge is 2.28. The molecule has 0 radical (unpaired) electrons. The van der Waals surface area contributed by atoms with Crippen molar-refractivity contribution in [2.45, 2.75) is 19.1 Å². The topological polar surface area (TPSA) is 72.1 Å². The first kappa shape index (κ1) is 23.8. The van der Waals surface area contributed by atoms with E-state index >= 15 is 0 Å². The van der Waals surface area contributed by atoms with Gasteiger partial charge in [0.15, 0.2) is 12.6 Å². The summed E-state index contributed by atoms with van der Waals surface area (Å²) in [5, 5.41) is 3.06. The number of ether oxygens (including phenoxy) is 2. The normalized spacial score (nSPS) is 15.9. The Hall–Kier alpha value is -1.27. The maximum atomic E-state index is 12.1. The van der Waals surface area contributed by atoms with E-state index < -0.39 is 12.8 Å². The summed E-state index contributed by atoms with van der Waals surface area (Å²) in [7, 11) is 0. The molecule has 1 heterocycles. The van der Waals surface area contributed by atoms with Crippen molar-refractivity contribution in [3.8, 4) is 5.75 Å². The summed E-state index contributed by atoms with van der Waals surface area (Å²) in [4.78, 5) is 6.57. The van der Waals surface area contributed by atoms with Gasteiger partial charge in [0, 0.05) is 19.6 Å². The summed E-state index contributed by atoms with van der Waals surface area (Å²) in [5.41, 5.74) is 6.66. The summed E-state index contributed by atoms with van der Waals surface area (Å²) >= 11 is 0. The second-order valence-electron chi connectivity index (χ2n) is 5.98. The van der Waals surface area contributed by atoms with Crippen molar-refractivity contribution < 1.29 is 22.6 Å². The summed E-state index contributed by atoms with van der Waals surface area (Å²) in [6.45, 7) is 4.28. The molecule has 1 aromatic rings. The molecular weight excluding hydrogens is 476 g/mol. The van der Waals surface area contributed by atoms with Crippen LogP contribution in [0.2, 0.25) is 0 Å². The van der Waals surface area contributed by atoms with Crippen molar-refractivity contribution in [2.24, 2.45) is 10.7 Å². The minimum atomic E-state index is -4.34. The van der Waals surface area contributed by atoms with Crippen molar-refractivity contribution in [1.29, 1.82) is 0 Å². The van der Waals surface area contributed by atoms with Gasteiger partial charge in [0.2, 0.25) is 0 Å². The molecule has 1 aliphatic rings. The van der Waals surface area contributed by atoms with Gasteiger partial charge >= 0.3 is 6.18 Å². The Morgan fingerprint density at radius 1 is 1.22 bits per heavy atom. The van der Waals surface area contributed by atoms with E-state index in [-0.39, 0.29) is 29.7 Å². The first-order valence-corrected chi connectivity index (χ1v) is 8.55. The molecule has 10 heteroatoms. The Labute approximate surface area is 174 Å². The Morgan fingerprint density at radius 2 is 1.89 bits per heavy atom. The number of rotatable bonds is 8. The molecule has 0 aliphatic carbocycles. The van der Waals surface area contributed by atoms with Gasteiger partial charge in [-0.15, -0.1) is 24.0 Å². The minimum absolute atomic E-state index is 0. The number of hydrogen-bond donors (Lipinski definition) is 2. The van der Waals surface area contributed by atoms with E-state index in [1.165, 1.54) is 12.1 Å². The fourth-order valence-electron chi connectivity index (χ4n) is 2.43. The highest BCUT2D eigenvalue weighted by atomic mass is 127. The molecule has 0 unspecified atom stereocenters. The number of aliphatic imine (C=N–C) groups is 1. The van der Waals surface area contributed by atoms with Gasteiger partial charge in [-0.3, -0.25) is 4.90 Å². The van der Waals surface area contributed by atoms with Gasteiger partial charge in [0.1, 0.15) is 5.75 Å². The van der Waals surface area contributed by atoms with E-state index in [1.807, 2.05) is 0 Å². The van der Waals surface area contributed by atoms with Gasteiger partial charge in [-0.1, -0.05) is 12.1 Å². The van der Waals surface area contributed by atoms with Crippen molar-refractivity contribution in [3.05, 3.63) is 29.8 Å². The lowest BCUT2D eigenvalue weighted by Gasteiger charge is -2.26. The lowest BCUT2D eigenvalue weighted by molar-refractivity contribution is -0.153. The molecule has 2 rings (SSSR count). The average Bonchev–Trinajstić information content (AvgIpc) is 2.63. The Morgan fingerprint density at radius 3 is 2.52 bits per heavy atom. The molecule has 1 aliphatic heterocycles. The number of benzene rings is 1. The first-order valence-electron chi connectivity index (χ1n) is 8.55. The SMILES string of the molecule is I.NC(=NCc1ccc(OCC(F)(F)F)cc1)NCCCN1CCOCC1. The number of guanidine groups is 1. The van der Waals surface area contributed by atoms with Gasteiger partial charge in [-0.2, -0.15) is 13.2 Å². The zero-order valence-electron chi connectivity index (χ0n) is 15.0. The van der Waals surface area contributed by atoms with E-state index in [1.54, 1.807) is 12.1 Å². The van der Waals surface area contributed by atoms with Gasteiger partial charge in [-0.25, -0.2) is 4.99 Å². The molecule has 0 aromatic heterocycles. The molecular formula is C17H26F3IN4O2. The molecule has 0 atom stereocenters. The zero-order chi connectivity index (χ0) is 18.8. The van der Waals surface area contributed by atoms with Crippen LogP contribution in [0.25, 0.3) is 0 Å². The molecule has 3 N–H and O–H groups in total. The number of halogens is 4. The quantitative estimate of drug-likeness (QED) is 0.247. The second kappa shape index (κ2) is 12.2. The van der Waals surface area contributed by atoms with Crippen molar-refractivity contribution >= 4 is 29.9 Å². The third-order valence-corrected chi connectivity index (χ3v) is 3.82. The van der Waals surface area contributed by atoms with Crippen molar-refractivity contribution in [3.63, 3.8) is 0 Å². The van der Waals surface area contributed by atoms with Gasteiger partial charge in [-0.05, 0) is 30.7 Å². The number of hydrogen-bond acceptors (Lipinski definition) is 4. The number of nitrogens with zero attached hydrogens (tertiary/aromatic N) is 2. The predicted octanol–water partition coefficient (Wildman–Crippen LogP) is 2.37. The molecule has 0 amide bonds. The van der Waals surface area contributed by atoms with Gasteiger partial charge < -0.3 is 20.5 Å². The van der Waals surface area contributed by atoms with Crippen LogP contribution in [-0.4, -0.2) is 63.0 Å². The summed E-state index contributed by atoms with van der Waals surface area (Å²) in [5.74, 6) is 0.522. The largest absolute Gasteiger partial charge is 0.484 e. The molecule has 1 saturated heterocycles. The van der Waals surface area contributed by atoms with E-state index in [9.17, 15) is 13.2 Å². The minimum Gasteiger partial charge on any atom is -0.484 e. The van der Waals surface area contributed by atoms with Crippen LogP contribution in [0.15, 0.2) is 29.3 Å². The van der Waals surface area contributed by atoms with Crippen molar-refractivity contribution in [1.82, 2.24) is 10.2 Å². The molecule has 0 bridgehead atoms. The predicted molar refractivity (Wildman–Crippen MR) is 109 cm³/mol. The standard InChI is InChI=1S/C17H25F3N4O2.HI/c18-17(19,20)13-26-15-4-2-14(3-5-15)12-23-16(21)22-6-1-7-24-8-10-25-11-9-24;/h2-5H,1,6-13H2,(H3,21,22,23);1H. The fraction of sp³-hybridized carbons (Fsp3) is 0.588. The summed E-state index contributed by atoms with van der Waals surface area (Å²) in [6.07, 6.45) is -3.38. The zero-order valence-corrected chi connectivity index (χ0v) is 17.3. The third kappa shape index (κ3) is 10.6.